The van der Waals surface area contributed by atoms with Crippen molar-refractivity contribution in [3.63, 3.8) is 0 Å². The van der Waals surface area contributed by atoms with E-state index in [1.807, 2.05) is 38.1 Å². The molecule has 0 aliphatic heterocycles. The van der Waals surface area contributed by atoms with Crippen molar-refractivity contribution in [2.24, 2.45) is 0 Å². The number of esters is 1. The number of methoxy groups -OCH3 is 1. The van der Waals surface area contributed by atoms with Gasteiger partial charge in [-0.05, 0) is 24.1 Å². The Hall–Kier alpha value is -2.43. The van der Waals surface area contributed by atoms with E-state index in [2.05, 4.69) is 10.2 Å². The van der Waals surface area contributed by atoms with Crippen molar-refractivity contribution < 1.29 is 33.7 Å². The van der Waals surface area contributed by atoms with Crippen molar-refractivity contribution in [1.29, 1.82) is 0 Å². The molecule has 1 atom stereocenters. The number of carbonyl (C=O) groups is 1. The number of nitrogens with zero attached hydrogens (tertiary/aromatic N) is 1. The average Bonchev–Trinajstić information content (AvgIpc) is 2.68. The first-order valence-electron chi connectivity index (χ1n) is 9.39. The minimum Gasteiger partial charge on any atom is -0.490 e. The van der Waals surface area contributed by atoms with E-state index in [9.17, 15) is 14.9 Å². The largest absolute Gasteiger partial charge is 0.490 e. The Morgan fingerprint density at radius 3 is 2.52 bits per heavy atom. The third-order valence-electron chi connectivity index (χ3n) is 3.65. The molecule has 1 rings (SSSR count). The van der Waals surface area contributed by atoms with Crippen LogP contribution in [0, 0.1) is 10.1 Å². The Balaban J connectivity index is 2.43. The molecule has 0 aliphatic rings. The number of rotatable bonds is 16. The van der Waals surface area contributed by atoms with E-state index in [0.29, 0.717) is 18.9 Å². The van der Waals surface area contributed by atoms with Crippen LogP contribution in [0.5, 0.6) is 5.75 Å². The highest BCUT2D eigenvalue weighted by atomic mass is 17.0. The summed E-state index contributed by atoms with van der Waals surface area (Å²) in [7, 11) is 1.66. The van der Waals surface area contributed by atoms with Gasteiger partial charge in [-0.1, -0.05) is 26.0 Å². The molecule has 0 aliphatic carbocycles. The van der Waals surface area contributed by atoms with Gasteiger partial charge in [0.2, 0.25) is 0 Å². The molecule has 29 heavy (non-hydrogen) atoms. The second-order valence-corrected chi connectivity index (χ2v) is 6.48. The molecule has 0 spiro atoms. The quantitative estimate of drug-likeness (QED) is 0.185. The fourth-order valence-corrected chi connectivity index (χ4v) is 2.21. The van der Waals surface area contributed by atoms with Crippen LogP contribution in [0.25, 0.3) is 0 Å². The van der Waals surface area contributed by atoms with Crippen LogP contribution >= 0.6 is 0 Å². The first kappa shape index (κ1) is 24.6. The summed E-state index contributed by atoms with van der Waals surface area (Å²) in [4.78, 5) is 26.1. The summed E-state index contributed by atoms with van der Waals surface area (Å²) in [6.07, 6.45) is 0.305. The minimum absolute atomic E-state index is 0.0864. The SMILES string of the molecule is COCCc1ccc(OCC(CNC(C)C)OC(=O)COCCO[N+](=O)[O-])cc1. The smallest absolute Gasteiger partial charge is 0.332 e. The van der Waals surface area contributed by atoms with Crippen molar-refractivity contribution in [2.75, 3.05) is 46.7 Å². The maximum atomic E-state index is 11.9. The summed E-state index contributed by atoms with van der Waals surface area (Å²) in [6.45, 7) is 4.55. The van der Waals surface area contributed by atoms with Gasteiger partial charge < -0.3 is 29.1 Å². The lowest BCUT2D eigenvalue weighted by Crippen LogP contribution is -2.39. The zero-order chi connectivity index (χ0) is 21.5. The normalized spacial score (nSPS) is 11.9. The second kappa shape index (κ2) is 14.6. The van der Waals surface area contributed by atoms with Gasteiger partial charge in [0.1, 0.15) is 31.7 Å². The van der Waals surface area contributed by atoms with E-state index in [0.717, 1.165) is 12.0 Å². The molecule has 1 aromatic rings. The van der Waals surface area contributed by atoms with Crippen LogP contribution in [-0.2, 0) is 30.3 Å². The first-order valence-corrected chi connectivity index (χ1v) is 9.39. The van der Waals surface area contributed by atoms with Gasteiger partial charge in [0, 0.05) is 19.7 Å². The number of ether oxygens (including phenoxy) is 4. The molecule has 0 fully saturated rings. The molecule has 10 heteroatoms. The highest BCUT2D eigenvalue weighted by Crippen LogP contribution is 2.13. The molecule has 0 heterocycles. The molecule has 0 amide bonds. The lowest BCUT2D eigenvalue weighted by molar-refractivity contribution is -0.758. The van der Waals surface area contributed by atoms with Gasteiger partial charge in [-0.3, -0.25) is 0 Å². The first-order chi connectivity index (χ1) is 13.9. The standard InChI is InChI=1S/C19H30N2O8/c1-15(2)20-12-18(29-19(22)14-26-10-11-28-21(23)24)13-27-17-6-4-16(5-7-17)8-9-25-3/h4-7,15,18,20H,8-14H2,1-3H3. The van der Waals surface area contributed by atoms with Crippen LogP contribution in [0.3, 0.4) is 0 Å². The third-order valence-corrected chi connectivity index (χ3v) is 3.65. The highest BCUT2D eigenvalue weighted by Gasteiger charge is 2.16. The highest BCUT2D eigenvalue weighted by molar-refractivity contribution is 5.70. The van der Waals surface area contributed by atoms with E-state index in [1.54, 1.807) is 7.11 Å². The number of benzene rings is 1. The maximum absolute atomic E-state index is 11.9. The lowest BCUT2D eigenvalue weighted by Gasteiger charge is -2.20. The van der Waals surface area contributed by atoms with E-state index in [4.69, 9.17) is 18.9 Å². The fraction of sp³-hybridized carbons (Fsp3) is 0.632. The number of nitrogens with one attached hydrogen (secondary N) is 1. The maximum Gasteiger partial charge on any atom is 0.332 e. The summed E-state index contributed by atoms with van der Waals surface area (Å²) in [5.41, 5.74) is 1.14. The Labute approximate surface area is 170 Å². The number of carbonyl (C=O) groups excluding carboxylic acids is 1. The second-order valence-electron chi connectivity index (χ2n) is 6.48. The summed E-state index contributed by atoms with van der Waals surface area (Å²) in [6, 6.07) is 7.86. The monoisotopic (exact) mass is 414 g/mol. The van der Waals surface area contributed by atoms with Gasteiger partial charge >= 0.3 is 5.97 Å². The topological polar surface area (TPSA) is 118 Å². The minimum atomic E-state index is -0.920. The van der Waals surface area contributed by atoms with Crippen molar-refractivity contribution in [3.05, 3.63) is 39.9 Å². The van der Waals surface area contributed by atoms with Crippen molar-refractivity contribution in [2.45, 2.75) is 32.4 Å². The zero-order valence-electron chi connectivity index (χ0n) is 17.1. The summed E-state index contributed by atoms with van der Waals surface area (Å²) >= 11 is 0. The molecular formula is C19H30N2O8. The van der Waals surface area contributed by atoms with Crippen LogP contribution < -0.4 is 10.1 Å². The molecule has 0 saturated carbocycles. The number of hydrogen-bond donors (Lipinski definition) is 1. The molecule has 1 N–H and O–H groups in total. The van der Waals surface area contributed by atoms with Gasteiger partial charge in [-0.25, -0.2) is 4.79 Å². The Morgan fingerprint density at radius 1 is 1.17 bits per heavy atom. The van der Waals surface area contributed by atoms with E-state index in [1.165, 1.54) is 0 Å². The van der Waals surface area contributed by atoms with E-state index in [-0.39, 0.29) is 32.5 Å². The zero-order valence-corrected chi connectivity index (χ0v) is 17.1. The van der Waals surface area contributed by atoms with E-state index < -0.39 is 17.2 Å². The summed E-state index contributed by atoms with van der Waals surface area (Å²) in [5.74, 6) is 0.0881. The third kappa shape index (κ3) is 12.6. The molecule has 0 bridgehead atoms. The van der Waals surface area contributed by atoms with Gasteiger partial charge in [0.15, 0.2) is 0 Å². The molecule has 0 saturated heterocycles. The van der Waals surface area contributed by atoms with Gasteiger partial charge in [0.25, 0.3) is 5.09 Å². The fourth-order valence-electron chi connectivity index (χ4n) is 2.21. The van der Waals surface area contributed by atoms with E-state index >= 15 is 0 Å². The Morgan fingerprint density at radius 2 is 1.90 bits per heavy atom. The molecule has 10 nitrogen and oxygen atoms in total. The van der Waals surface area contributed by atoms with Gasteiger partial charge in [-0.2, -0.15) is 0 Å². The Bertz CT molecular complexity index is 594. The predicted octanol–water partition coefficient (Wildman–Crippen LogP) is 1.39. The van der Waals surface area contributed by atoms with Gasteiger partial charge in [-0.15, -0.1) is 10.1 Å². The predicted molar refractivity (Wildman–Crippen MR) is 104 cm³/mol. The average molecular weight is 414 g/mol. The van der Waals surface area contributed by atoms with Gasteiger partial charge in [0.05, 0.1) is 13.2 Å². The Kier molecular flexibility index (Phi) is 12.3. The lowest BCUT2D eigenvalue weighted by atomic mass is 10.1. The van der Waals surface area contributed by atoms with Crippen LogP contribution in [0.15, 0.2) is 24.3 Å². The molecule has 164 valence electrons. The van der Waals surface area contributed by atoms with Crippen molar-refractivity contribution >= 4 is 5.97 Å². The molecule has 0 radical (unpaired) electrons. The van der Waals surface area contributed by atoms with Crippen LogP contribution in [0.1, 0.15) is 19.4 Å². The summed E-state index contributed by atoms with van der Waals surface area (Å²) < 4.78 is 21.2. The molecule has 1 unspecified atom stereocenters. The molecular weight excluding hydrogens is 384 g/mol. The van der Waals surface area contributed by atoms with Crippen LogP contribution in [0.2, 0.25) is 0 Å². The van der Waals surface area contributed by atoms with Crippen LogP contribution in [0.4, 0.5) is 0 Å². The van der Waals surface area contributed by atoms with Crippen molar-refractivity contribution in [3.8, 4) is 5.75 Å². The molecule has 1 aromatic carbocycles. The summed E-state index contributed by atoms with van der Waals surface area (Å²) in [5, 5.41) is 12.3. The number of hydrogen-bond acceptors (Lipinski definition) is 9. The van der Waals surface area contributed by atoms with Crippen LogP contribution in [-0.4, -0.2) is 69.9 Å². The van der Waals surface area contributed by atoms with Crippen molar-refractivity contribution in [1.82, 2.24) is 5.32 Å². The molecule has 0 aromatic heterocycles.